The maximum Gasteiger partial charge on any atom is 0.273 e. The van der Waals surface area contributed by atoms with Gasteiger partial charge in [0.05, 0.1) is 19.3 Å². The molecule has 22 heavy (non-hydrogen) atoms. The molecule has 0 unspecified atom stereocenters. The van der Waals surface area contributed by atoms with Crippen LogP contribution in [0.5, 0.6) is 11.5 Å². The van der Waals surface area contributed by atoms with Gasteiger partial charge in [0.2, 0.25) is 0 Å². The first-order chi connectivity index (χ1) is 10.6. The minimum atomic E-state index is -0.258. The number of hydrogen-bond acceptors (Lipinski definition) is 5. The number of hydrogen-bond donors (Lipinski definition) is 1. The Labute approximate surface area is 128 Å². The van der Waals surface area contributed by atoms with Crippen molar-refractivity contribution in [1.82, 2.24) is 10.3 Å². The monoisotopic (exact) mass is 302 g/mol. The predicted molar refractivity (Wildman–Crippen MR) is 79.2 cm³/mol. The molecule has 0 saturated heterocycles. The van der Waals surface area contributed by atoms with Gasteiger partial charge in [-0.25, -0.2) is 4.98 Å². The number of nitrogens with one attached hydrogen (secondary N) is 1. The number of oxazole rings is 1. The Balaban J connectivity index is 1.75. The summed E-state index contributed by atoms with van der Waals surface area (Å²) >= 11 is 0. The van der Waals surface area contributed by atoms with E-state index >= 15 is 0 Å². The molecule has 0 aliphatic carbocycles. The Morgan fingerprint density at radius 1 is 1.27 bits per heavy atom. The SMILES string of the molecule is Cc1ocnc1C(=O)N[C@H](C)c1ccc2c(c1)OCCCO2. The van der Waals surface area contributed by atoms with E-state index in [0.29, 0.717) is 30.4 Å². The Morgan fingerprint density at radius 3 is 2.77 bits per heavy atom. The van der Waals surface area contributed by atoms with Crippen LogP contribution in [0, 0.1) is 6.92 Å². The average molecular weight is 302 g/mol. The van der Waals surface area contributed by atoms with Crippen LogP contribution in [0.3, 0.4) is 0 Å². The highest BCUT2D eigenvalue weighted by molar-refractivity contribution is 5.93. The zero-order valence-electron chi connectivity index (χ0n) is 12.6. The van der Waals surface area contributed by atoms with Gasteiger partial charge in [0, 0.05) is 6.42 Å². The van der Waals surface area contributed by atoms with E-state index in [0.717, 1.165) is 17.7 Å². The van der Waals surface area contributed by atoms with Crippen LogP contribution in [-0.2, 0) is 0 Å². The maximum atomic E-state index is 12.2. The van der Waals surface area contributed by atoms with Crippen LogP contribution in [0.25, 0.3) is 0 Å². The van der Waals surface area contributed by atoms with Crippen LogP contribution in [0.1, 0.15) is 41.2 Å². The fourth-order valence-corrected chi connectivity index (χ4v) is 2.32. The van der Waals surface area contributed by atoms with Crippen molar-refractivity contribution in [2.24, 2.45) is 0 Å². The van der Waals surface area contributed by atoms with Crippen molar-refractivity contribution in [2.45, 2.75) is 26.3 Å². The minimum Gasteiger partial charge on any atom is -0.490 e. The van der Waals surface area contributed by atoms with Gasteiger partial charge in [0.25, 0.3) is 5.91 Å². The number of aromatic nitrogens is 1. The molecule has 0 fully saturated rings. The van der Waals surface area contributed by atoms with Crippen molar-refractivity contribution in [2.75, 3.05) is 13.2 Å². The molecule has 2 heterocycles. The van der Waals surface area contributed by atoms with E-state index in [1.165, 1.54) is 6.39 Å². The van der Waals surface area contributed by atoms with Crippen molar-refractivity contribution in [1.29, 1.82) is 0 Å². The van der Waals surface area contributed by atoms with Crippen molar-refractivity contribution < 1.29 is 18.7 Å². The third-order valence-electron chi connectivity index (χ3n) is 3.58. The smallest absolute Gasteiger partial charge is 0.273 e. The molecule has 1 atom stereocenters. The van der Waals surface area contributed by atoms with Gasteiger partial charge in [0.1, 0.15) is 5.76 Å². The average Bonchev–Trinajstić information content (AvgIpc) is 2.80. The first-order valence-electron chi connectivity index (χ1n) is 7.25. The molecular weight excluding hydrogens is 284 g/mol. The zero-order chi connectivity index (χ0) is 15.5. The highest BCUT2D eigenvalue weighted by Crippen LogP contribution is 2.32. The number of carbonyl (C=O) groups is 1. The Morgan fingerprint density at radius 2 is 2.05 bits per heavy atom. The van der Waals surface area contributed by atoms with E-state index < -0.39 is 0 Å². The number of rotatable bonds is 3. The fraction of sp³-hybridized carbons (Fsp3) is 0.375. The van der Waals surface area contributed by atoms with Gasteiger partial charge in [-0.1, -0.05) is 6.07 Å². The number of nitrogens with zero attached hydrogens (tertiary/aromatic N) is 1. The molecule has 0 spiro atoms. The summed E-state index contributed by atoms with van der Waals surface area (Å²) in [5, 5.41) is 2.90. The molecule has 3 rings (SSSR count). The third kappa shape index (κ3) is 2.90. The third-order valence-corrected chi connectivity index (χ3v) is 3.58. The van der Waals surface area contributed by atoms with Crippen LogP contribution in [-0.4, -0.2) is 24.1 Å². The molecule has 1 aromatic carbocycles. The molecule has 1 amide bonds. The van der Waals surface area contributed by atoms with Gasteiger partial charge in [0.15, 0.2) is 23.6 Å². The first-order valence-corrected chi connectivity index (χ1v) is 7.25. The van der Waals surface area contributed by atoms with E-state index in [2.05, 4.69) is 10.3 Å². The van der Waals surface area contributed by atoms with Crippen molar-refractivity contribution >= 4 is 5.91 Å². The van der Waals surface area contributed by atoms with Gasteiger partial charge < -0.3 is 19.2 Å². The lowest BCUT2D eigenvalue weighted by atomic mass is 10.1. The van der Waals surface area contributed by atoms with E-state index in [9.17, 15) is 4.79 Å². The summed E-state index contributed by atoms with van der Waals surface area (Å²) in [4.78, 5) is 16.1. The topological polar surface area (TPSA) is 73.6 Å². The molecule has 116 valence electrons. The summed E-state index contributed by atoms with van der Waals surface area (Å²) < 4.78 is 16.3. The van der Waals surface area contributed by atoms with E-state index in [-0.39, 0.29) is 11.9 Å². The van der Waals surface area contributed by atoms with E-state index in [1.807, 2.05) is 25.1 Å². The van der Waals surface area contributed by atoms with Crippen LogP contribution in [0.2, 0.25) is 0 Å². The lowest BCUT2D eigenvalue weighted by Crippen LogP contribution is -2.27. The molecule has 1 N–H and O–H groups in total. The number of carbonyl (C=O) groups excluding carboxylic acids is 1. The molecule has 1 aromatic heterocycles. The molecule has 6 nitrogen and oxygen atoms in total. The van der Waals surface area contributed by atoms with Crippen LogP contribution in [0.4, 0.5) is 0 Å². The summed E-state index contributed by atoms with van der Waals surface area (Å²) in [5.41, 5.74) is 1.25. The molecule has 0 bridgehead atoms. The lowest BCUT2D eigenvalue weighted by molar-refractivity contribution is 0.0934. The van der Waals surface area contributed by atoms with Gasteiger partial charge >= 0.3 is 0 Å². The number of benzene rings is 1. The Bertz CT molecular complexity index is 681. The number of aryl methyl sites for hydroxylation is 1. The summed E-state index contributed by atoms with van der Waals surface area (Å²) in [6.45, 7) is 4.91. The van der Waals surface area contributed by atoms with Gasteiger partial charge in [-0.2, -0.15) is 0 Å². The van der Waals surface area contributed by atoms with Gasteiger partial charge in [-0.15, -0.1) is 0 Å². The second-order valence-corrected chi connectivity index (χ2v) is 5.21. The molecule has 1 aliphatic rings. The van der Waals surface area contributed by atoms with Gasteiger partial charge in [-0.05, 0) is 31.5 Å². The highest BCUT2D eigenvalue weighted by Gasteiger charge is 2.18. The standard InChI is InChI=1S/C16H18N2O4/c1-10(18-16(19)15-11(2)22-9-17-15)12-4-5-13-14(8-12)21-7-3-6-20-13/h4-5,8-10H,3,6-7H2,1-2H3,(H,18,19)/t10-/m1/s1. The Kier molecular flexibility index (Phi) is 4.00. The zero-order valence-corrected chi connectivity index (χ0v) is 12.6. The number of ether oxygens (including phenoxy) is 2. The largest absolute Gasteiger partial charge is 0.490 e. The molecule has 2 aromatic rings. The van der Waals surface area contributed by atoms with Crippen LogP contribution < -0.4 is 14.8 Å². The van der Waals surface area contributed by atoms with Crippen molar-refractivity contribution in [3.05, 3.63) is 41.6 Å². The maximum absolute atomic E-state index is 12.2. The molecule has 1 aliphatic heterocycles. The summed E-state index contributed by atoms with van der Waals surface area (Å²) in [6, 6.07) is 5.52. The van der Waals surface area contributed by atoms with Crippen LogP contribution in [0.15, 0.2) is 29.0 Å². The Hall–Kier alpha value is -2.50. The molecular formula is C16H18N2O4. The van der Waals surface area contributed by atoms with Crippen molar-refractivity contribution in [3.63, 3.8) is 0 Å². The summed E-state index contributed by atoms with van der Waals surface area (Å²) in [6.07, 6.45) is 2.13. The molecule has 6 heteroatoms. The quantitative estimate of drug-likeness (QED) is 0.943. The molecule has 0 saturated carbocycles. The second-order valence-electron chi connectivity index (χ2n) is 5.21. The normalized spacial score (nSPS) is 15.0. The van der Waals surface area contributed by atoms with E-state index in [1.54, 1.807) is 6.92 Å². The lowest BCUT2D eigenvalue weighted by Gasteiger charge is -2.16. The van der Waals surface area contributed by atoms with E-state index in [4.69, 9.17) is 13.9 Å². The summed E-state index contributed by atoms with van der Waals surface area (Å²) in [5.74, 6) is 1.70. The fourth-order valence-electron chi connectivity index (χ4n) is 2.32. The summed E-state index contributed by atoms with van der Waals surface area (Å²) in [7, 11) is 0. The minimum absolute atomic E-state index is 0.180. The molecule has 0 radical (unpaired) electrons. The van der Waals surface area contributed by atoms with Crippen molar-refractivity contribution in [3.8, 4) is 11.5 Å². The highest BCUT2D eigenvalue weighted by atomic mass is 16.5. The number of amides is 1. The van der Waals surface area contributed by atoms with Crippen LogP contribution >= 0.6 is 0 Å². The first kappa shape index (κ1) is 14.4. The predicted octanol–water partition coefficient (Wildman–Crippen LogP) is 2.64. The van der Waals surface area contributed by atoms with Gasteiger partial charge in [-0.3, -0.25) is 4.79 Å². The second kappa shape index (κ2) is 6.09. The number of fused-ring (bicyclic) bond motifs is 1.